The lowest BCUT2D eigenvalue weighted by molar-refractivity contribution is -0.384. The molecule has 2 atom stereocenters. The minimum absolute atomic E-state index is 0.0604. The highest BCUT2D eigenvalue weighted by Gasteiger charge is 2.31. The molecule has 1 heterocycles. The molecule has 10 heteroatoms. The molecular formula is C15H15N5O5. The zero-order valence-corrected chi connectivity index (χ0v) is 13.0. The molecule has 2 N–H and O–H groups in total. The van der Waals surface area contributed by atoms with Crippen molar-refractivity contribution in [1.29, 1.82) is 0 Å². The summed E-state index contributed by atoms with van der Waals surface area (Å²) >= 11 is 0. The number of carbonyl (C=O) groups excluding carboxylic acids is 1. The molecule has 2 aromatic rings. The van der Waals surface area contributed by atoms with Crippen molar-refractivity contribution in [3.05, 3.63) is 46.3 Å². The Morgan fingerprint density at radius 2 is 2.16 bits per heavy atom. The first-order chi connectivity index (χ1) is 11.9. The fourth-order valence-electron chi connectivity index (χ4n) is 2.84. The lowest BCUT2D eigenvalue weighted by Gasteiger charge is -2.10. The quantitative estimate of drug-likeness (QED) is 0.612. The molecule has 1 aromatic heterocycles. The normalized spacial score (nSPS) is 19.5. The van der Waals surface area contributed by atoms with Gasteiger partial charge in [-0.3, -0.25) is 19.7 Å². The second-order valence-electron chi connectivity index (χ2n) is 5.84. The number of carbonyl (C=O) groups is 2. The van der Waals surface area contributed by atoms with Crippen LogP contribution in [0.4, 0.5) is 5.69 Å². The van der Waals surface area contributed by atoms with E-state index in [0.717, 1.165) is 0 Å². The van der Waals surface area contributed by atoms with Crippen LogP contribution in [0.25, 0.3) is 5.69 Å². The first-order valence-corrected chi connectivity index (χ1v) is 7.65. The molecule has 0 spiro atoms. The zero-order valence-electron chi connectivity index (χ0n) is 13.0. The molecular weight excluding hydrogens is 330 g/mol. The summed E-state index contributed by atoms with van der Waals surface area (Å²) in [6.07, 6.45) is 2.89. The average Bonchev–Trinajstić information content (AvgIpc) is 3.24. The van der Waals surface area contributed by atoms with E-state index < -0.39 is 22.7 Å². The van der Waals surface area contributed by atoms with E-state index in [2.05, 4.69) is 15.6 Å². The van der Waals surface area contributed by atoms with E-state index in [9.17, 15) is 19.7 Å². The van der Waals surface area contributed by atoms with Gasteiger partial charge in [0.05, 0.1) is 22.7 Å². The Morgan fingerprint density at radius 3 is 2.84 bits per heavy atom. The van der Waals surface area contributed by atoms with Gasteiger partial charge in [-0.25, -0.2) is 4.68 Å². The number of rotatable bonds is 5. The molecule has 0 radical (unpaired) electrons. The van der Waals surface area contributed by atoms with Gasteiger partial charge in [0.1, 0.15) is 0 Å². The predicted molar refractivity (Wildman–Crippen MR) is 84.2 cm³/mol. The van der Waals surface area contributed by atoms with Gasteiger partial charge in [-0.2, -0.15) is 0 Å². The Balaban J connectivity index is 1.69. The lowest BCUT2D eigenvalue weighted by atomic mass is 10.1. The van der Waals surface area contributed by atoms with Crippen molar-refractivity contribution in [3.63, 3.8) is 0 Å². The Kier molecular flexibility index (Phi) is 4.42. The van der Waals surface area contributed by atoms with E-state index in [1.54, 1.807) is 6.07 Å². The van der Waals surface area contributed by atoms with Crippen LogP contribution in [0.15, 0.2) is 30.5 Å². The highest BCUT2D eigenvalue weighted by molar-refractivity contribution is 5.92. The van der Waals surface area contributed by atoms with E-state index >= 15 is 0 Å². The van der Waals surface area contributed by atoms with Gasteiger partial charge in [-0.05, 0) is 25.3 Å². The standard InChI is InChI=1S/C15H15N5O5/c21-14(16-10-5-4-9(6-10)15(22)23)13-8-19(18-17-13)11-2-1-3-12(7-11)20(24)25/h1-3,7-10H,4-6H2,(H,16,21)(H,22,23)/t9-,10+/m0/s1. The fraction of sp³-hybridized carbons (Fsp3) is 0.333. The molecule has 1 aliphatic carbocycles. The van der Waals surface area contributed by atoms with Gasteiger partial charge in [0.25, 0.3) is 11.6 Å². The number of benzene rings is 1. The first-order valence-electron chi connectivity index (χ1n) is 7.65. The van der Waals surface area contributed by atoms with E-state index in [1.807, 2.05) is 0 Å². The molecule has 0 unspecified atom stereocenters. The molecule has 0 saturated heterocycles. The zero-order chi connectivity index (χ0) is 18.0. The van der Waals surface area contributed by atoms with Crippen molar-refractivity contribution < 1.29 is 19.6 Å². The molecule has 1 aromatic carbocycles. The summed E-state index contributed by atoms with van der Waals surface area (Å²) in [5, 5.41) is 30.1. The van der Waals surface area contributed by atoms with Crippen LogP contribution < -0.4 is 5.32 Å². The maximum Gasteiger partial charge on any atom is 0.306 e. The average molecular weight is 345 g/mol. The molecule has 130 valence electrons. The van der Waals surface area contributed by atoms with Gasteiger partial charge in [-0.1, -0.05) is 11.3 Å². The summed E-state index contributed by atoms with van der Waals surface area (Å²) in [6.45, 7) is 0. The number of amides is 1. The van der Waals surface area contributed by atoms with Crippen LogP contribution in [-0.2, 0) is 4.79 Å². The van der Waals surface area contributed by atoms with Gasteiger partial charge in [0.2, 0.25) is 0 Å². The maximum atomic E-state index is 12.2. The van der Waals surface area contributed by atoms with Crippen molar-refractivity contribution in [2.45, 2.75) is 25.3 Å². The topological polar surface area (TPSA) is 140 Å². The molecule has 1 amide bonds. The van der Waals surface area contributed by atoms with Crippen LogP contribution in [0.3, 0.4) is 0 Å². The Hall–Kier alpha value is -3.30. The molecule has 1 aliphatic rings. The van der Waals surface area contributed by atoms with Gasteiger partial charge in [0, 0.05) is 18.2 Å². The van der Waals surface area contributed by atoms with Gasteiger partial charge in [-0.15, -0.1) is 5.10 Å². The molecule has 25 heavy (non-hydrogen) atoms. The van der Waals surface area contributed by atoms with Crippen molar-refractivity contribution in [3.8, 4) is 5.69 Å². The first kappa shape index (κ1) is 16.6. The van der Waals surface area contributed by atoms with E-state index in [4.69, 9.17) is 5.11 Å². The maximum absolute atomic E-state index is 12.2. The number of carboxylic acids is 1. The monoisotopic (exact) mass is 345 g/mol. The minimum Gasteiger partial charge on any atom is -0.481 e. The molecule has 10 nitrogen and oxygen atoms in total. The van der Waals surface area contributed by atoms with Crippen LogP contribution in [0.2, 0.25) is 0 Å². The number of nitrogens with one attached hydrogen (secondary N) is 1. The van der Waals surface area contributed by atoms with E-state index in [1.165, 1.54) is 29.1 Å². The number of non-ortho nitro benzene ring substituents is 1. The van der Waals surface area contributed by atoms with Crippen molar-refractivity contribution >= 4 is 17.6 Å². The number of aliphatic carboxylic acids is 1. The second-order valence-corrected chi connectivity index (χ2v) is 5.84. The van der Waals surface area contributed by atoms with Gasteiger partial charge in [0.15, 0.2) is 5.69 Å². The molecule has 3 rings (SSSR count). The Labute approximate surface area is 141 Å². The van der Waals surface area contributed by atoms with Crippen molar-refractivity contribution in [2.24, 2.45) is 5.92 Å². The van der Waals surface area contributed by atoms with Gasteiger partial charge < -0.3 is 10.4 Å². The summed E-state index contributed by atoms with van der Waals surface area (Å²) in [4.78, 5) is 33.5. The molecule has 1 saturated carbocycles. The summed E-state index contributed by atoms with van der Waals surface area (Å²) in [5.74, 6) is -1.74. The van der Waals surface area contributed by atoms with Gasteiger partial charge >= 0.3 is 5.97 Å². The van der Waals surface area contributed by atoms with Crippen LogP contribution in [0.1, 0.15) is 29.8 Å². The third kappa shape index (κ3) is 3.62. The fourth-order valence-corrected chi connectivity index (χ4v) is 2.84. The Bertz CT molecular complexity index is 833. The number of nitro benzene ring substituents is 1. The number of nitro groups is 1. The largest absolute Gasteiger partial charge is 0.481 e. The predicted octanol–water partition coefficient (Wildman–Crippen LogP) is 1.16. The van der Waals surface area contributed by atoms with Crippen LogP contribution in [-0.4, -0.2) is 42.9 Å². The third-order valence-electron chi connectivity index (χ3n) is 4.15. The number of hydrogen-bond donors (Lipinski definition) is 2. The third-order valence-corrected chi connectivity index (χ3v) is 4.15. The van der Waals surface area contributed by atoms with Crippen molar-refractivity contribution in [1.82, 2.24) is 20.3 Å². The van der Waals surface area contributed by atoms with Crippen LogP contribution in [0.5, 0.6) is 0 Å². The summed E-state index contributed by atoms with van der Waals surface area (Å²) in [6, 6.07) is 5.59. The highest BCUT2D eigenvalue weighted by atomic mass is 16.6. The molecule has 0 bridgehead atoms. The van der Waals surface area contributed by atoms with Crippen molar-refractivity contribution in [2.75, 3.05) is 0 Å². The lowest BCUT2D eigenvalue weighted by Crippen LogP contribution is -2.33. The number of nitrogens with zero attached hydrogens (tertiary/aromatic N) is 4. The Morgan fingerprint density at radius 1 is 1.36 bits per heavy atom. The van der Waals surface area contributed by atoms with Crippen LogP contribution in [0, 0.1) is 16.0 Å². The molecule has 1 fully saturated rings. The SMILES string of the molecule is O=C(N[C@@H]1CC[C@H](C(=O)O)C1)c1cn(-c2cccc([N+](=O)[O-])c2)nn1. The molecule has 0 aliphatic heterocycles. The summed E-state index contributed by atoms with van der Waals surface area (Å²) in [7, 11) is 0. The minimum atomic E-state index is -0.853. The number of carboxylic acid groups (broad SMARTS) is 1. The second kappa shape index (κ2) is 6.67. The highest BCUT2D eigenvalue weighted by Crippen LogP contribution is 2.25. The van der Waals surface area contributed by atoms with E-state index in [-0.39, 0.29) is 17.4 Å². The summed E-state index contributed by atoms with van der Waals surface area (Å²) in [5.41, 5.74) is 0.377. The number of aromatic nitrogens is 3. The number of hydrogen-bond acceptors (Lipinski definition) is 6. The summed E-state index contributed by atoms with van der Waals surface area (Å²) < 4.78 is 1.27. The smallest absolute Gasteiger partial charge is 0.306 e. The van der Waals surface area contributed by atoms with Crippen LogP contribution >= 0.6 is 0 Å². The van der Waals surface area contributed by atoms with E-state index in [0.29, 0.717) is 24.9 Å².